The van der Waals surface area contributed by atoms with Crippen molar-refractivity contribution in [1.82, 2.24) is 4.90 Å². The van der Waals surface area contributed by atoms with Crippen molar-refractivity contribution in [2.45, 2.75) is 25.8 Å². The average molecular weight is 268 g/mol. The van der Waals surface area contributed by atoms with E-state index in [0.29, 0.717) is 6.61 Å². The van der Waals surface area contributed by atoms with Crippen LogP contribution in [0.1, 0.15) is 24.8 Å². The first-order chi connectivity index (χ1) is 8.38. The minimum Gasteiger partial charge on any atom is -0.490 e. The molecule has 1 saturated heterocycles. The molecule has 0 spiro atoms. The number of piperidine rings is 1. The van der Waals surface area contributed by atoms with Crippen molar-refractivity contribution >= 4 is 12.4 Å². The van der Waals surface area contributed by atoms with Gasteiger partial charge in [-0.1, -0.05) is 31.2 Å². The zero-order chi connectivity index (χ0) is 11.9. The molecule has 3 heteroatoms. The van der Waals surface area contributed by atoms with Crippen molar-refractivity contribution in [1.29, 1.82) is 0 Å². The van der Waals surface area contributed by atoms with E-state index in [4.69, 9.17) is 4.74 Å². The van der Waals surface area contributed by atoms with Crippen LogP contribution >= 0.6 is 12.4 Å². The van der Waals surface area contributed by atoms with E-state index < -0.39 is 0 Å². The number of hydrogen-bond acceptors (Lipinski definition) is 2. The van der Waals surface area contributed by atoms with Gasteiger partial charge in [0, 0.05) is 6.54 Å². The minimum absolute atomic E-state index is 0. The number of likely N-dealkylation sites (tertiary alicyclic amines) is 1. The van der Waals surface area contributed by atoms with Crippen LogP contribution in [-0.2, 0) is 6.54 Å². The van der Waals surface area contributed by atoms with Gasteiger partial charge in [0.2, 0.25) is 0 Å². The van der Waals surface area contributed by atoms with Crippen molar-refractivity contribution in [3.63, 3.8) is 0 Å². The van der Waals surface area contributed by atoms with E-state index in [0.717, 1.165) is 12.3 Å². The molecule has 0 amide bonds. The molecule has 0 radical (unpaired) electrons. The van der Waals surface area contributed by atoms with Gasteiger partial charge >= 0.3 is 0 Å². The number of nitrogens with zero attached hydrogens (tertiary/aromatic N) is 1. The van der Waals surface area contributed by atoms with Crippen molar-refractivity contribution < 1.29 is 4.74 Å². The zero-order valence-corrected chi connectivity index (χ0v) is 11.6. The molecule has 0 unspecified atom stereocenters. The van der Waals surface area contributed by atoms with Crippen LogP contribution in [0.15, 0.2) is 36.9 Å². The molecular formula is C15H22ClNO. The number of rotatable bonds is 5. The van der Waals surface area contributed by atoms with Crippen LogP contribution in [0.2, 0.25) is 0 Å². The van der Waals surface area contributed by atoms with Gasteiger partial charge in [0.15, 0.2) is 0 Å². The van der Waals surface area contributed by atoms with Crippen molar-refractivity contribution in [2.24, 2.45) is 0 Å². The standard InChI is InChI=1S/C15H21NO.ClH/c1-2-12-17-15-8-6-14(7-9-15)13-16-10-4-3-5-11-16;/h2,6-9H,1,3-5,10-13H2;1H. The number of ether oxygens (including phenoxy) is 1. The summed E-state index contributed by atoms with van der Waals surface area (Å²) in [5, 5.41) is 0. The van der Waals surface area contributed by atoms with Crippen LogP contribution in [0.25, 0.3) is 0 Å². The Labute approximate surface area is 116 Å². The van der Waals surface area contributed by atoms with Gasteiger partial charge in [-0.3, -0.25) is 4.90 Å². The van der Waals surface area contributed by atoms with E-state index in [-0.39, 0.29) is 12.4 Å². The summed E-state index contributed by atoms with van der Waals surface area (Å²) in [6, 6.07) is 8.41. The predicted molar refractivity (Wildman–Crippen MR) is 78.5 cm³/mol. The van der Waals surface area contributed by atoms with Crippen LogP contribution in [0.3, 0.4) is 0 Å². The van der Waals surface area contributed by atoms with Crippen LogP contribution in [0.5, 0.6) is 5.75 Å². The molecular weight excluding hydrogens is 246 g/mol. The second-order valence-corrected chi connectivity index (χ2v) is 4.58. The minimum atomic E-state index is 0. The third-order valence-electron chi connectivity index (χ3n) is 3.15. The maximum absolute atomic E-state index is 5.47. The zero-order valence-electron chi connectivity index (χ0n) is 10.8. The maximum Gasteiger partial charge on any atom is 0.119 e. The number of hydrogen-bond donors (Lipinski definition) is 0. The summed E-state index contributed by atoms with van der Waals surface area (Å²) in [6.45, 7) is 7.77. The summed E-state index contributed by atoms with van der Waals surface area (Å²) in [5.74, 6) is 0.923. The number of halogens is 1. The highest BCUT2D eigenvalue weighted by Gasteiger charge is 2.09. The van der Waals surface area contributed by atoms with E-state index >= 15 is 0 Å². The molecule has 1 aromatic rings. The topological polar surface area (TPSA) is 12.5 Å². The van der Waals surface area contributed by atoms with Gasteiger partial charge in [-0.15, -0.1) is 12.4 Å². The Balaban J connectivity index is 0.00000162. The highest BCUT2D eigenvalue weighted by Crippen LogP contribution is 2.16. The molecule has 0 aliphatic carbocycles. The normalized spacial score (nSPS) is 15.8. The Morgan fingerprint density at radius 1 is 1.11 bits per heavy atom. The van der Waals surface area contributed by atoms with Crippen molar-refractivity contribution in [2.75, 3.05) is 19.7 Å². The highest BCUT2D eigenvalue weighted by molar-refractivity contribution is 5.85. The third kappa shape index (κ3) is 4.71. The average Bonchev–Trinajstić information content (AvgIpc) is 2.39. The summed E-state index contributed by atoms with van der Waals surface area (Å²) in [4.78, 5) is 2.53. The van der Waals surface area contributed by atoms with Crippen LogP contribution < -0.4 is 4.74 Å². The molecule has 0 atom stereocenters. The van der Waals surface area contributed by atoms with Gasteiger partial charge in [0.05, 0.1) is 0 Å². The molecule has 18 heavy (non-hydrogen) atoms. The Bertz CT molecular complexity index is 344. The van der Waals surface area contributed by atoms with Crippen LogP contribution in [0.4, 0.5) is 0 Å². The fourth-order valence-electron chi connectivity index (χ4n) is 2.22. The lowest BCUT2D eigenvalue weighted by molar-refractivity contribution is 0.221. The van der Waals surface area contributed by atoms with Crippen LogP contribution in [0, 0.1) is 0 Å². The molecule has 1 aromatic carbocycles. The lowest BCUT2D eigenvalue weighted by Crippen LogP contribution is -2.28. The first-order valence-corrected chi connectivity index (χ1v) is 6.43. The molecule has 1 fully saturated rings. The fraction of sp³-hybridized carbons (Fsp3) is 0.467. The van der Waals surface area contributed by atoms with Crippen LogP contribution in [-0.4, -0.2) is 24.6 Å². The van der Waals surface area contributed by atoms with E-state index in [1.165, 1.54) is 37.9 Å². The summed E-state index contributed by atoms with van der Waals surface area (Å²) in [7, 11) is 0. The van der Waals surface area contributed by atoms with Crippen molar-refractivity contribution in [3.8, 4) is 5.75 Å². The monoisotopic (exact) mass is 267 g/mol. The molecule has 100 valence electrons. The largest absolute Gasteiger partial charge is 0.490 e. The quantitative estimate of drug-likeness (QED) is 0.755. The molecule has 0 bridgehead atoms. The lowest BCUT2D eigenvalue weighted by atomic mass is 10.1. The Hall–Kier alpha value is -0.990. The molecule has 1 aliphatic rings. The van der Waals surface area contributed by atoms with Gasteiger partial charge in [0.1, 0.15) is 12.4 Å². The first-order valence-electron chi connectivity index (χ1n) is 6.43. The SMILES string of the molecule is C=CCOc1ccc(CN2CCCCC2)cc1.Cl. The molecule has 1 aliphatic heterocycles. The molecule has 0 aromatic heterocycles. The summed E-state index contributed by atoms with van der Waals surface area (Å²) >= 11 is 0. The van der Waals surface area contributed by atoms with E-state index in [9.17, 15) is 0 Å². The smallest absolute Gasteiger partial charge is 0.119 e. The van der Waals surface area contributed by atoms with E-state index in [2.05, 4.69) is 23.6 Å². The van der Waals surface area contributed by atoms with E-state index in [1.807, 2.05) is 12.1 Å². The van der Waals surface area contributed by atoms with Gasteiger partial charge in [-0.05, 0) is 43.6 Å². The molecule has 1 heterocycles. The molecule has 0 saturated carbocycles. The van der Waals surface area contributed by atoms with E-state index in [1.54, 1.807) is 6.08 Å². The second-order valence-electron chi connectivity index (χ2n) is 4.58. The summed E-state index contributed by atoms with van der Waals surface area (Å²) in [5.41, 5.74) is 1.37. The Morgan fingerprint density at radius 3 is 2.39 bits per heavy atom. The van der Waals surface area contributed by atoms with Gasteiger partial charge in [-0.25, -0.2) is 0 Å². The van der Waals surface area contributed by atoms with Gasteiger partial charge in [-0.2, -0.15) is 0 Å². The first kappa shape index (κ1) is 15.1. The Kier molecular flexibility index (Phi) is 6.84. The van der Waals surface area contributed by atoms with Gasteiger partial charge in [0.25, 0.3) is 0 Å². The summed E-state index contributed by atoms with van der Waals surface area (Å²) < 4.78 is 5.47. The maximum atomic E-state index is 5.47. The highest BCUT2D eigenvalue weighted by atomic mass is 35.5. The third-order valence-corrected chi connectivity index (χ3v) is 3.15. The summed E-state index contributed by atoms with van der Waals surface area (Å²) in [6.07, 6.45) is 5.85. The molecule has 0 N–H and O–H groups in total. The Morgan fingerprint density at radius 2 is 1.78 bits per heavy atom. The number of benzene rings is 1. The van der Waals surface area contributed by atoms with Crippen molar-refractivity contribution in [3.05, 3.63) is 42.5 Å². The molecule has 2 nitrogen and oxygen atoms in total. The van der Waals surface area contributed by atoms with Gasteiger partial charge < -0.3 is 4.74 Å². The second kappa shape index (κ2) is 8.17. The fourth-order valence-corrected chi connectivity index (χ4v) is 2.22. The lowest BCUT2D eigenvalue weighted by Gasteiger charge is -2.26. The molecule has 2 rings (SSSR count). The predicted octanol–water partition coefficient (Wildman–Crippen LogP) is 3.66.